The van der Waals surface area contributed by atoms with Gasteiger partial charge in [-0.3, -0.25) is 4.90 Å². The van der Waals surface area contributed by atoms with E-state index in [1.165, 1.54) is 0 Å². The lowest BCUT2D eigenvalue weighted by Gasteiger charge is -2.30. The highest BCUT2D eigenvalue weighted by Gasteiger charge is 2.37. The molecule has 4 rings (SSSR count). The average Bonchev–Trinajstić information content (AvgIpc) is 3.22. The number of likely N-dealkylation sites (tertiary alicyclic amines) is 1. The van der Waals surface area contributed by atoms with Crippen LogP contribution >= 0.6 is 0 Å². The second-order valence-electron chi connectivity index (χ2n) is 6.73. The fourth-order valence-corrected chi connectivity index (χ4v) is 3.69. The third-order valence-corrected chi connectivity index (χ3v) is 5.11. The van der Waals surface area contributed by atoms with Gasteiger partial charge < -0.3 is 19.2 Å². The molecule has 2 fully saturated rings. The summed E-state index contributed by atoms with van der Waals surface area (Å²) >= 11 is 0. The summed E-state index contributed by atoms with van der Waals surface area (Å²) in [6.07, 6.45) is 0.605. The van der Waals surface area contributed by atoms with Crippen LogP contribution in [0.25, 0.3) is 11.0 Å². The first kappa shape index (κ1) is 16.8. The van der Waals surface area contributed by atoms with Crippen LogP contribution in [-0.4, -0.2) is 66.6 Å². The first-order chi connectivity index (χ1) is 12.2. The number of halogens is 1. The molecule has 0 bridgehead atoms. The van der Waals surface area contributed by atoms with Crippen molar-refractivity contribution in [3.63, 3.8) is 0 Å². The van der Waals surface area contributed by atoms with Crippen LogP contribution in [0.2, 0.25) is 0 Å². The zero-order chi connectivity index (χ0) is 17.2. The molecule has 0 spiro atoms. The number of methoxy groups -OCH3 is 1. The zero-order valence-corrected chi connectivity index (χ0v) is 14.4. The van der Waals surface area contributed by atoms with E-state index in [9.17, 15) is 4.39 Å². The Morgan fingerprint density at radius 1 is 1.32 bits per heavy atom. The molecule has 3 heterocycles. The maximum absolute atomic E-state index is 14.4. The summed E-state index contributed by atoms with van der Waals surface area (Å²) in [6, 6.07) is 6.08. The molecular formula is C18H24FN3O3. The predicted molar refractivity (Wildman–Crippen MR) is 91.5 cm³/mol. The van der Waals surface area contributed by atoms with E-state index in [0.29, 0.717) is 25.0 Å². The Labute approximate surface area is 146 Å². The van der Waals surface area contributed by atoms with Crippen molar-refractivity contribution in [2.45, 2.75) is 37.8 Å². The Hall–Kier alpha value is -1.70. The topological polar surface area (TPSA) is 59.6 Å². The standard InChI is InChI=1S/C18H24FN3O3/c1-23-13-2-3-15-16(8-13)21-18(20-15)11-25-17-10-22(9-14(17)19)12-4-6-24-7-5-12/h2-3,8,12,14,17H,4-7,9-11H2,1H3,(H,20,21)/t14-,17+/m1/s1. The number of benzene rings is 1. The number of nitrogens with zero attached hydrogens (tertiary/aromatic N) is 2. The van der Waals surface area contributed by atoms with Gasteiger partial charge >= 0.3 is 0 Å². The molecule has 2 aromatic rings. The van der Waals surface area contributed by atoms with E-state index in [1.807, 2.05) is 18.2 Å². The number of nitrogens with one attached hydrogen (secondary N) is 1. The lowest BCUT2D eigenvalue weighted by molar-refractivity contribution is 0.00313. The molecule has 7 heteroatoms. The quantitative estimate of drug-likeness (QED) is 0.897. The van der Waals surface area contributed by atoms with E-state index < -0.39 is 12.3 Å². The number of hydrogen-bond donors (Lipinski definition) is 1. The van der Waals surface area contributed by atoms with Crippen molar-refractivity contribution in [2.75, 3.05) is 33.4 Å². The van der Waals surface area contributed by atoms with Gasteiger partial charge in [0.2, 0.25) is 0 Å². The maximum Gasteiger partial charge on any atom is 0.140 e. The van der Waals surface area contributed by atoms with Gasteiger partial charge in [0.05, 0.1) is 18.1 Å². The second-order valence-corrected chi connectivity index (χ2v) is 6.73. The molecule has 6 nitrogen and oxygen atoms in total. The van der Waals surface area contributed by atoms with Gasteiger partial charge in [-0.2, -0.15) is 0 Å². The van der Waals surface area contributed by atoms with Crippen molar-refractivity contribution in [1.29, 1.82) is 0 Å². The van der Waals surface area contributed by atoms with Crippen LogP contribution in [0.1, 0.15) is 18.7 Å². The lowest BCUT2D eigenvalue weighted by atomic mass is 10.1. The van der Waals surface area contributed by atoms with Crippen LogP contribution < -0.4 is 4.74 Å². The van der Waals surface area contributed by atoms with Gasteiger partial charge in [0.1, 0.15) is 30.5 Å². The summed E-state index contributed by atoms with van der Waals surface area (Å²) in [5, 5.41) is 0. The van der Waals surface area contributed by atoms with Gasteiger partial charge in [-0.1, -0.05) is 0 Å². The number of hydrogen-bond acceptors (Lipinski definition) is 5. The predicted octanol–water partition coefficient (Wildman–Crippen LogP) is 2.29. The minimum absolute atomic E-state index is 0.281. The summed E-state index contributed by atoms with van der Waals surface area (Å²) in [5.74, 6) is 1.48. The van der Waals surface area contributed by atoms with Crippen LogP contribution in [0.3, 0.4) is 0 Å². The molecule has 2 saturated heterocycles. The zero-order valence-electron chi connectivity index (χ0n) is 14.4. The van der Waals surface area contributed by atoms with Gasteiger partial charge in [0.25, 0.3) is 0 Å². The summed E-state index contributed by atoms with van der Waals surface area (Å²) in [6.45, 7) is 2.91. The molecule has 0 amide bonds. The molecule has 2 aliphatic heterocycles. The fourth-order valence-electron chi connectivity index (χ4n) is 3.69. The van der Waals surface area contributed by atoms with E-state index in [2.05, 4.69) is 14.9 Å². The van der Waals surface area contributed by atoms with Gasteiger partial charge in [0, 0.05) is 38.4 Å². The molecule has 1 aromatic carbocycles. The van der Waals surface area contributed by atoms with E-state index in [0.717, 1.165) is 42.8 Å². The summed E-state index contributed by atoms with van der Waals surface area (Å²) in [5.41, 5.74) is 1.75. The van der Waals surface area contributed by atoms with Gasteiger partial charge in [0.15, 0.2) is 0 Å². The number of alkyl halides is 1. The highest BCUT2D eigenvalue weighted by atomic mass is 19.1. The number of aromatic amines is 1. The molecule has 1 N–H and O–H groups in total. The van der Waals surface area contributed by atoms with E-state index >= 15 is 0 Å². The molecule has 0 saturated carbocycles. The van der Waals surface area contributed by atoms with Crippen LogP contribution in [0.4, 0.5) is 4.39 Å². The smallest absolute Gasteiger partial charge is 0.140 e. The number of ether oxygens (including phenoxy) is 3. The van der Waals surface area contributed by atoms with Crippen molar-refractivity contribution >= 4 is 11.0 Å². The summed E-state index contributed by atoms with van der Waals surface area (Å²) in [4.78, 5) is 9.92. The molecule has 0 radical (unpaired) electrons. The molecule has 2 atom stereocenters. The number of imidazole rings is 1. The first-order valence-corrected chi connectivity index (χ1v) is 8.83. The van der Waals surface area contributed by atoms with E-state index in [1.54, 1.807) is 7.11 Å². The maximum atomic E-state index is 14.4. The van der Waals surface area contributed by atoms with Crippen molar-refractivity contribution in [1.82, 2.24) is 14.9 Å². The van der Waals surface area contributed by atoms with Gasteiger partial charge in [-0.25, -0.2) is 9.37 Å². The van der Waals surface area contributed by atoms with Crippen molar-refractivity contribution in [3.05, 3.63) is 24.0 Å². The van der Waals surface area contributed by atoms with Crippen LogP contribution in [0, 0.1) is 0 Å². The fraction of sp³-hybridized carbons (Fsp3) is 0.611. The Morgan fingerprint density at radius 2 is 2.16 bits per heavy atom. The summed E-state index contributed by atoms with van der Waals surface area (Å²) in [7, 11) is 1.63. The SMILES string of the molecule is COc1ccc2nc(CO[C@H]3CN(C4CCOCC4)C[C@H]3F)[nH]c2c1. The normalized spacial score (nSPS) is 25.7. The molecule has 0 aliphatic carbocycles. The van der Waals surface area contributed by atoms with Crippen LogP contribution in [-0.2, 0) is 16.1 Å². The van der Waals surface area contributed by atoms with Crippen molar-refractivity contribution < 1.29 is 18.6 Å². The Morgan fingerprint density at radius 3 is 2.96 bits per heavy atom. The molecule has 25 heavy (non-hydrogen) atoms. The van der Waals surface area contributed by atoms with E-state index in [4.69, 9.17) is 14.2 Å². The average molecular weight is 349 g/mol. The Kier molecular flexibility index (Phi) is 4.87. The second kappa shape index (κ2) is 7.27. The van der Waals surface area contributed by atoms with E-state index in [-0.39, 0.29) is 6.61 Å². The number of rotatable bonds is 5. The number of aromatic nitrogens is 2. The lowest BCUT2D eigenvalue weighted by Crippen LogP contribution is -2.38. The largest absolute Gasteiger partial charge is 0.497 e. The summed E-state index contributed by atoms with van der Waals surface area (Å²) < 4.78 is 30.8. The third-order valence-electron chi connectivity index (χ3n) is 5.11. The van der Waals surface area contributed by atoms with Crippen LogP contribution in [0.5, 0.6) is 5.75 Å². The Balaban J connectivity index is 1.36. The van der Waals surface area contributed by atoms with Crippen molar-refractivity contribution in [2.24, 2.45) is 0 Å². The number of fused-ring (bicyclic) bond motifs is 1. The van der Waals surface area contributed by atoms with Crippen molar-refractivity contribution in [3.8, 4) is 5.75 Å². The minimum atomic E-state index is -0.952. The third kappa shape index (κ3) is 3.63. The molecule has 1 aromatic heterocycles. The van der Waals surface area contributed by atoms with Crippen LogP contribution in [0.15, 0.2) is 18.2 Å². The number of H-pyrrole nitrogens is 1. The Bertz CT molecular complexity index is 717. The molecule has 0 unspecified atom stereocenters. The first-order valence-electron chi connectivity index (χ1n) is 8.83. The van der Waals surface area contributed by atoms with Gasteiger partial charge in [-0.15, -0.1) is 0 Å². The van der Waals surface area contributed by atoms with Gasteiger partial charge in [-0.05, 0) is 25.0 Å². The highest BCUT2D eigenvalue weighted by molar-refractivity contribution is 5.76. The minimum Gasteiger partial charge on any atom is -0.497 e. The molecule has 136 valence electrons. The monoisotopic (exact) mass is 349 g/mol. The molecular weight excluding hydrogens is 325 g/mol. The molecule has 2 aliphatic rings. The highest BCUT2D eigenvalue weighted by Crippen LogP contribution is 2.25.